The number of nitrogens with one attached hydrogen (secondary N) is 3. The van der Waals surface area contributed by atoms with Crippen LogP contribution in [0.5, 0.6) is 0 Å². The summed E-state index contributed by atoms with van der Waals surface area (Å²) in [4.78, 5) is 0. The summed E-state index contributed by atoms with van der Waals surface area (Å²) >= 11 is 0. The van der Waals surface area contributed by atoms with Crippen LogP contribution in [-0.4, -0.2) is 21.1 Å². The molecule has 3 N–H and O–H groups in total. The third kappa shape index (κ3) is 16.8. The highest BCUT2D eigenvalue weighted by atomic mass is 14.8. The summed E-state index contributed by atoms with van der Waals surface area (Å²) in [7, 11) is 5.74. The SMILES string of the molecule is C/C=C(\NC)c1ccccc1C.C=C/C(C)=C(C=C)/C(=C/C=C\C)NC.CC.CN/C=C\C=C/Cc1ccccc1C. The van der Waals surface area contributed by atoms with Crippen molar-refractivity contribution in [3.8, 4) is 0 Å². The summed E-state index contributed by atoms with van der Waals surface area (Å²) in [6.07, 6.45) is 20.9. The monoisotopic (exact) mass is 567 g/mol. The van der Waals surface area contributed by atoms with Crippen LogP contribution in [0.1, 0.15) is 56.9 Å². The van der Waals surface area contributed by atoms with Crippen molar-refractivity contribution in [1.29, 1.82) is 0 Å². The molecule has 0 aromatic heterocycles. The van der Waals surface area contributed by atoms with Gasteiger partial charge in [0.2, 0.25) is 0 Å². The van der Waals surface area contributed by atoms with Gasteiger partial charge in [-0.25, -0.2) is 0 Å². The van der Waals surface area contributed by atoms with Crippen LogP contribution in [0.3, 0.4) is 0 Å². The van der Waals surface area contributed by atoms with E-state index in [1.807, 2.05) is 98.4 Å². The van der Waals surface area contributed by atoms with Crippen molar-refractivity contribution in [3.05, 3.63) is 162 Å². The molecule has 0 spiro atoms. The van der Waals surface area contributed by atoms with E-state index < -0.39 is 0 Å². The Morgan fingerprint density at radius 1 is 0.786 bits per heavy atom. The number of benzene rings is 2. The van der Waals surface area contributed by atoms with E-state index in [9.17, 15) is 0 Å². The molecule has 228 valence electrons. The zero-order valence-electron chi connectivity index (χ0n) is 28.0. The molecule has 2 aromatic carbocycles. The Hall–Kier alpha value is -4.24. The summed E-state index contributed by atoms with van der Waals surface area (Å²) in [5.74, 6) is 0. The smallest absolute Gasteiger partial charge is 0.0413 e. The van der Waals surface area contributed by atoms with Crippen molar-refractivity contribution in [2.24, 2.45) is 0 Å². The normalized spacial score (nSPS) is 11.8. The third-order valence-electron chi connectivity index (χ3n) is 6.05. The summed E-state index contributed by atoms with van der Waals surface area (Å²) in [6, 6.07) is 16.8. The molecule has 42 heavy (non-hydrogen) atoms. The lowest BCUT2D eigenvalue weighted by molar-refractivity contribution is 1.01. The van der Waals surface area contributed by atoms with Crippen LogP contribution < -0.4 is 16.0 Å². The standard InChI is InChI=1S/C13H17N.C13H19N.C11H15N.C2H6/c1-12-8-5-6-10-13(12)9-4-3-7-11-14-2;1-6-9-10-13(14-5)12(8-3)11(4)7-2;1-4-11(12-3)10-8-6-5-7-9(10)2;1-2/h3-8,10-11,14H,9H2,1-2H3;6-10,14H,2-3H2,1,4-5H3;4-8,12H,1-3H3;1-2H3/b4-3-,11-7-;9-6-,12-11+,13-10-;11-4-;. The lowest BCUT2D eigenvalue weighted by atomic mass is 10.1. The molecule has 0 fully saturated rings. The van der Waals surface area contributed by atoms with Gasteiger partial charge < -0.3 is 16.0 Å². The Morgan fingerprint density at radius 3 is 1.88 bits per heavy atom. The van der Waals surface area contributed by atoms with E-state index in [0.29, 0.717) is 0 Å². The zero-order valence-corrected chi connectivity index (χ0v) is 28.0. The van der Waals surface area contributed by atoms with E-state index in [2.05, 4.69) is 110 Å². The zero-order chi connectivity index (χ0) is 32.2. The molecule has 0 bridgehead atoms. The summed E-state index contributed by atoms with van der Waals surface area (Å²) < 4.78 is 0. The molecule has 0 aliphatic rings. The van der Waals surface area contributed by atoms with E-state index in [4.69, 9.17) is 0 Å². The van der Waals surface area contributed by atoms with E-state index in [-0.39, 0.29) is 0 Å². The number of allylic oxidation sites excluding steroid dienone is 10. The van der Waals surface area contributed by atoms with Gasteiger partial charge in [-0.2, -0.15) is 0 Å². The van der Waals surface area contributed by atoms with Gasteiger partial charge in [0.1, 0.15) is 0 Å². The molecule has 0 radical (unpaired) electrons. The predicted octanol–water partition coefficient (Wildman–Crippen LogP) is 9.78. The fourth-order valence-corrected chi connectivity index (χ4v) is 3.67. The number of rotatable bonds is 11. The molecule has 0 atom stereocenters. The second-order valence-corrected chi connectivity index (χ2v) is 8.83. The number of hydrogen-bond donors (Lipinski definition) is 3. The molecule has 0 saturated heterocycles. The van der Waals surface area contributed by atoms with Crippen molar-refractivity contribution in [2.45, 2.75) is 54.9 Å². The maximum atomic E-state index is 3.80. The van der Waals surface area contributed by atoms with Gasteiger partial charge in [-0.15, -0.1) is 0 Å². The summed E-state index contributed by atoms with van der Waals surface area (Å²) in [5.41, 5.74) is 9.77. The highest BCUT2D eigenvalue weighted by Crippen LogP contribution is 2.15. The average Bonchev–Trinajstić information content (AvgIpc) is 3.02. The Labute approximate surface area is 258 Å². The van der Waals surface area contributed by atoms with Crippen LogP contribution in [0.25, 0.3) is 5.70 Å². The van der Waals surface area contributed by atoms with Crippen molar-refractivity contribution in [3.63, 3.8) is 0 Å². The Balaban J connectivity index is 0. The fraction of sp³-hybridized carbons (Fsp3) is 0.282. The van der Waals surface area contributed by atoms with Crippen LogP contribution in [-0.2, 0) is 6.42 Å². The van der Waals surface area contributed by atoms with Gasteiger partial charge in [0.15, 0.2) is 0 Å². The van der Waals surface area contributed by atoms with Crippen molar-refractivity contribution >= 4 is 5.70 Å². The predicted molar refractivity (Wildman–Crippen MR) is 193 cm³/mol. The lowest BCUT2D eigenvalue weighted by Gasteiger charge is -2.09. The van der Waals surface area contributed by atoms with Gasteiger partial charge in [-0.1, -0.05) is 118 Å². The van der Waals surface area contributed by atoms with Crippen LogP contribution in [0.15, 0.2) is 139 Å². The molecular formula is C39H57N3. The minimum Gasteiger partial charge on any atom is -0.394 e. The maximum absolute atomic E-state index is 3.80. The maximum Gasteiger partial charge on any atom is 0.0413 e. The molecule has 0 unspecified atom stereocenters. The minimum atomic E-state index is 1.00. The molecular weight excluding hydrogens is 510 g/mol. The summed E-state index contributed by atoms with van der Waals surface area (Å²) in [5, 5.41) is 9.25. The molecule has 2 rings (SSSR count). The second kappa shape index (κ2) is 27.0. The number of hydrogen-bond acceptors (Lipinski definition) is 3. The molecule has 2 aromatic rings. The first-order valence-corrected chi connectivity index (χ1v) is 14.7. The lowest BCUT2D eigenvalue weighted by Crippen LogP contribution is -2.08. The highest BCUT2D eigenvalue weighted by molar-refractivity contribution is 5.66. The van der Waals surface area contributed by atoms with Gasteiger partial charge >= 0.3 is 0 Å². The van der Waals surface area contributed by atoms with E-state index in [1.54, 1.807) is 0 Å². The topological polar surface area (TPSA) is 36.1 Å². The van der Waals surface area contributed by atoms with Gasteiger partial charge in [0, 0.05) is 38.1 Å². The largest absolute Gasteiger partial charge is 0.394 e. The average molecular weight is 568 g/mol. The van der Waals surface area contributed by atoms with E-state index in [0.717, 1.165) is 23.3 Å². The number of likely N-dealkylation sites (N-methyl/N-ethyl adjacent to an activating group) is 1. The quantitative estimate of drug-likeness (QED) is 0.237. The van der Waals surface area contributed by atoms with Gasteiger partial charge in [0.25, 0.3) is 0 Å². The Morgan fingerprint density at radius 2 is 1.40 bits per heavy atom. The summed E-state index contributed by atoms with van der Waals surface area (Å²) in [6.45, 7) is 21.9. The molecule has 0 aliphatic carbocycles. The first-order chi connectivity index (χ1) is 20.3. The van der Waals surface area contributed by atoms with Crippen LogP contribution >= 0.6 is 0 Å². The Bertz CT molecular complexity index is 1200. The van der Waals surface area contributed by atoms with E-state index >= 15 is 0 Å². The van der Waals surface area contributed by atoms with Gasteiger partial charge in [0.05, 0.1) is 0 Å². The van der Waals surface area contributed by atoms with Crippen molar-refractivity contribution < 1.29 is 0 Å². The molecule has 3 heteroatoms. The van der Waals surface area contributed by atoms with Gasteiger partial charge in [-0.05, 0) is 87.2 Å². The number of aryl methyl sites for hydroxylation is 2. The molecule has 3 nitrogen and oxygen atoms in total. The van der Waals surface area contributed by atoms with Crippen LogP contribution in [0.4, 0.5) is 0 Å². The fourth-order valence-electron chi connectivity index (χ4n) is 3.67. The third-order valence-corrected chi connectivity index (χ3v) is 6.05. The first kappa shape index (κ1) is 39.9. The first-order valence-electron chi connectivity index (χ1n) is 14.7. The molecule has 0 heterocycles. The van der Waals surface area contributed by atoms with Crippen molar-refractivity contribution in [1.82, 2.24) is 16.0 Å². The Kier molecular flexibility index (Phi) is 25.6. The molecule has 0 amide bonds. The minimum absolute atomic E-state index is 1.00. The van der Waals surface area contributed by atoms with Crippen LogP contribution in [0.2, 0.25) is 0 Å². The van der Waals surface area contributed by atoms with Crippen molar-refractivity contribution in [2.75, 3.05) is 21.1 Å². The second-order valence-electron chi connectivity index (χ2n) is 8.83. The highest BCUT2D eigenvalue weighted by Gasteiger charge is 2.01. The van der Waals surface area contributed by atoms with Gasteiger partial charge in [-0.3, -0.25) is 0 Å². The van der Waals surface area contributed by atoms with Crippen LogP contribution in [0, 0.1) is 13.8 Å². The molecule has 0 saturated carbocycles. The van der Waals surface area contributed by atoms with E-state index in [1.165, 1.54) is 28.0 Å². The molecule has 0 aliphatic heterocycles.